The van der Waals surface area contributed by atoms with Crippen LogP contribution >= 0.6 is 11.6 Å². The molecule has 0 bridgehead atoms. The average molecular weight is 504 g/mol. The second-order valence-corrected chi connectivity index (χ2v) is 12.1. The van der Waals surface area contributed by atoms with Gasteiger partial charge in [-0.3, -0.25) is 14.6 Å². The van der Waals surface area contributed by atoms with Crippen molar-refractivity contribution in [3.8, 4) is 11.1 Å². The molecule has 3 aliphatic rings. The number of nitrogens with zero attached hydrogens (tertiary/aromatic N) is 3. The van der Waals surface area contributed by atoms with Crippen molar-refractivity contribution in [2.75, 3.05) is 26.2 Å². The van der Waals surface area contributed by atoms with Crippen molar-refractivity contribution < 1.29 is 23.1 Å². The smallest absolute Gasteiger partial charge is 0.255 e. The summed E-state index contributed by atoms with van der Waals surface area (Å²) in [4.78, 5) is 32.8. The molecule has 0 unspecified atom stereocenters. The van der Waals surface area contributed by atoms with Gasteiger partial charge in [-0.2, -0.15) is 0 Å². The quantitative estimate of drug-likeness (QED) is 0.648. The van der Waals surface area contributed by atoms with Crippen LogP contribution in [0.5, 0.6) is 0 Å². The van der Waals surface area contributed by atoms with Crippen LogP contribution in [0.3, 0.4) is 0 Å². The second-order valence-electron chi connectivity index (χ2n) is 9.40. The highest BCUT2D eigenvalue weighted by molar-refractivity contribution is 7.91. The number of rotatable bonds is 6. The van der Waals surface area contributed by atoms with Crippen LogP contribution in [0.4, 0.5) is 0 Å². The third-order valence-electron chi connectivity index (χ3n) is 6.70. The van der Waals surface area contributed by atoms with Crippen LogP contribution < -0.4 is 0 Å². The second kappa shape index (κ2) is 8.62. The summed E-state index contributed by atoms with van der Waals surface area (Å²) in [5, 5.41) is 10.1. The summed E-state index contributed by atoms with van der Waals surface area (Å²) in [6, 6.07) is 6.92. The first kappa shape index (κ1) is 23.3. The lowest BCUT2D eigenvalue weighted by Crippen LogP contribution is -2.53. The Morgan fingerprint density at radius 1 is 1.03 bits per heavy atom. The van der Waals surface area contributed by atoms with E-state index in [1.165, 1.54) is 0 Å². The maximum Gasteiger partial charge on any atom is 0.255 e. The Morgan fingerprint density at radius 3 is 2.32 bits per heavy atom. The number of aromatic nitrogens is 1. The van der Waals surface area contributed by atoms with Crippen molar-refractivity contribution in [3.63, 3.8) is 0 Å². The van der Waals surface area contributed by atoms with Gasteiger partial charge in [-0.1, -0.05) is 17.7 Å². The molecule has 34 heavy (non-hydrogen) atoms. The van der Waals surface area contributed by atoms with Crippen molar-refractivity contribution in [2.24, 2.45) is 0 Å². The van der Waals surface area contributed by atoms with Crippen LogP contribution in [0.2, 0.25) is 5.02 Å². The molecule has 2 saturated carbocycles. The predicted octanol–water partition coefficient (Wildman–Crippen LogP) is 2.29. The molecule has 1 aromatic carbocycles. The van der Waals surface area contributed by atoms with Gasteiger partial charge >= 0.3 is 0 Å². The molecule has 2 aliphatic carbocycles. The molecular formula is C24H26ClN3O5S. The molecule has 0 atom stereocenters. The van der Waals surface area contributed by atoms with E-state index in [2.05, 4.69) is 4.98 Å². The van der Waals surface area contributed by atoms with E-state index in [1.807, 2.05) is 0 Å². The van der Waals surface area contributed by atoms with Gasteiger partial charge in [-0.15, -0.1) is 0 Å². The van der Waals surface area contributed by atoms with Crippen molar-refractivity contribution in [2.45, 2.75) is 42.3 Å². The lowest BCUT2D eigenvalue weighted by atomic mass is 10.0. The van der Waals surface area contributed by atoms with Crippen LogP contribution in [-0.4, -0.2) is 77.2 Å². The number of carbonyl (C=O) groups excluding carboxylic acids is 2. The summed E-state index contributed by atoms with van der Waals surface area (Å²) in [6.07, 6.45) is 5.67. The number of hydrogen-bond acceptors (Lipinski definition) is 6. The highest BCUT2D eigenvalue weighted by Crippen LogP contribution is 2.37. The fourth-order valence-corrected chi connectivity index (χ4v) is 6.25. The number of aliphatic hydroxyl groups is 1. The maximum atomic E-state index is 13.0. The summed E-state index contributed by atoms with van der Waals surface area (Å²) < 4.78 is 24.6. The van der Waals surface area contributed by atoms with Crippen LogP contribution in [0, 0.1) is 0 Å². The number of halogens is 1. The third kappa shape index (κ3) is 4.69. The fraction of sp³-hybridized carbons (Fsp3) is 0.458. The van der Waals surface area contributed by atoms with E-state index in [9.17, 15) is 23.1 Å². The van der Waals surface area contributed by atoms with Crippen molar-refractivity contribution in [3.05, 3.63) is 52.8 Å². The normalized spacial score (nSPS) is 19.7. The van der Waals surface area contributed by atoms with Crippen LogP contribution in [0.25, 0.3) is 11.1 Å². The Kier molecular flexibility index (Phi) is 5.90. The van der Waals surface area contributed by atoms with Gasteiger partial charge in [0.05, 0.1) is 21.6 Å². The lowest BCUT2D eigenvalue weighted by molar-refractivity contribution is -0.143. The SMILES string of the molecule is O=C(c1ccc(-c2cncc(CS(=O)(=O)C3CC3)c2)cc1Cl)N1CCN(C(=O)C2(O)CC2)CC1. The predicted molar refractivity (Wildman–Crippen MR) is 127 cm³/mol. The minimum absolute atomic E-state index is 0.0330. The monoisotopic (exact) mass is 503 g/mol. The highest BCUT2D eigenvalue weighted by atomic mass is 35.5. The van der Waals surface area contributed by atoms with E-state index in [-0.39, 0.29) is 22.8 Å². The first-order valence-electron chi connectivity index (χ1n) is 11.4. The van der Waals surface area contributed by atoms with Crippen LogP contribution in [-0.2, 0) is 20.4 Å². The Bertz CT molecular complexity index is 1250. The summed E-state index contributed by atoms with van der Waals surface area (Å²) in [5.74, 6) is -0.492. The zero-order valence-corrected chi connectivity index (χ0v) is 20.2. The number of benzene rings is 1. The maximum absolute atomic E-state index is 13.0. The minimum Gasteiger partial charge on any atom is -0.380 e. The molecule has 2 amide bonds. The van der Waals surface area contributed by atoms with Crippen LogP contribution in [0.15, 0.2) is 36.7 Å². The molecule has 1 N–H and O–H groups in total. The molecule has 1 aliphatic heterocycles. The molecule has 0 radical (unpaired) electrons. The van der Waals surface area contributed by atoms with Gasteiger partial charge in [0.15, 0.2) is 9.84 Å². The zero-order chi connectivity index (χ0) is 24.1. The molecule has 2 aromatic rings. The number of sulfone groups is 1. The number of carbonyl (C=O) groups is 2. The zero-order valence-electron chi connectivity index (χ0n) is 18.6. The van der Waals surface area contributed by atoms with E-state index < -0.39 is 15.4 Å². The van der Waals surface area contributed by atoms with Crippen molar-refractivity contribution in [1.29, 1.82) is 0 Å². The van der Waals surface area contributed by atoms with Gasteiger partial charge in [0.1, 0.15) is 5.60 Å². The van der Waals surface area contributed by atoms with Crippen molar-refractivity contribution >= 4 is 33.3 Å². The summed E-state index contributed by atoms with van der Waals surface area (Å²) in [6.45, 7) is 1.51. The van der Waals surface area contributed by atoms with E-state index in [4.69, 9.17) is 11.6 Å². The molecule has 10 heteroatoms. The number of hydrogen-bond donors (Lipinski definition) is 1. The molecular weight excluding hydrogens is 478 g/mol. The van der Waals surface area contributed by atoms with Crippen LogP contribution in [0.1, 0.15) is 41.6 Å². The van der Waals surface area contributed by atoms with Gasteiger partial charge < -0.3 is 14.9 Å². The van der Waals surface area contributed by atoms with E-state index in [0.29, 0.717) is 55.2 Å². The fourth-order valence-electron chi connectivity index (χ4n) is 4.28. The van der Waals surface area contributed by atoms with E-state index >= 15 is 0 Å². The molecule has 8 nitrogen and oxygen atoms in total. The molecule has 1 aromatic heterocycles. The minimum atomic E-state index is -3.15. The third-order valence-corrected chi connectivity index (χ3v) is 9.24. The number of pyridine rings is 1. The van der Waals surface area contributed by atoms with Gasteiger partial charge in [0.25, 0.3) is 11.8 Å². The van der Waals surface area contributed by atoms with Gasteiger partial charge in [-0.25, -0.2) is 8.42 Å². The standard InChI is InChI=1S/C24H26ClN3O5S/c25-21-12-17(18-11-16(13-26-14-18)15-34(32,33)19-2-3-19)1-4-20(21)22(29)27-7-9-28(10-8-27)23(30)24(31)5-6-24/h1,4,11-14,19,31H,2-3,5-10,15H2. The largest absolute Gasteiger partial charge is 0.380 e. The Hall–Kier alpha value is -2.49. The number of piperazine rings is 1. The van der Waals surface area contributed by atoms with E-state index in [0.717, 1.165) is 24.0 Å². The number of amides is 2. The Balaban J connectivity index is 1.26. The molecule has 3 fully saturated rings. The molecule has 1 saturated heterocycles. The first-order chi connectivity index (χ1) is 16.2. The average Bonchev–Trinajstić information content (AvgIpc) is 3.74. The lowest BCUT2D eigenvalue weighted by Gasteiger charge is -2.36. The topological polar surface area (TPSA) is 108 Å². The summed E-state index contributed by atoms with van der Waals surface area (Å²) in [5.41, 5.74) is 1.28. The van der Waals surface area contributed by atoms with Crippen molar-refractivity contribution in [1.82, 2.24) is 14.8 Å². The highest BCUT2D eigenvalue weighted by Gasteiger charge is 2.50. The Morgan fingerprint density at radius 2 is 1.71 bits per heavy atom. The Labute approximate surface area is 203 Å². The van der Waals surface area contributed by atoms with Gasteiger partial charge in [0.2, 0.25) is 0 Å². The molecule has 5 rings (SSSR count). The first-order valence-corrected chi connectivity index (χ1v) is 13.5. The van der Waals surface area contributed by atoms with Gasteiger partial charge in [0, 0.05) is 44.1 Å². The summed E-state index contributed by atoms with van der Waals surface area (Å²) in [7, 11) is -3.15. The van der Waals surface area contributed by atoms with Gasteiger partial charge in [-0.05, 0) is 55.0 Å². The molecule has 180 valence electrons. The van der Waals surface area contributed by atoms with E-state index in [1.54, 1.807) is 46.5 Å². The summed E-state index contributed by atoms with van der Waals surface area (Å²) >= 11 is 6.48. The molecule has 0 spiro atoms. The molecule has 2 heterocycles.